The van der Waals surface area contributed by atoms with Gasteiger partial charge in [-0.15, -0.1) is 0 Å². The molecule has 2 spiro atoms. The Bertz CT molecular complexity index is 1100. The standard InChI is InChI=1S/C27H34O11/c1-14-8-9-33-18(29)6-4-5-7-19(30)36-16-10-17-27(13-35-27)25(16,3)26(12-34-23(32)20(14)31)11-15(28)24(2)21(38-24)22(26)37-17/h4-7,14-17,20-22,28,31H,8-13H2,1-3H3/b6-4+,7-5+/t14-,15+,16-,17-,20-,21-,22+,24-,25+,26+,27-/m1/s1. The molecule has 4 aliphatic heterocycles. The lowest BCUT2D eigenvalue weighted by Gasteiger charge is -2.59. The van der Waals surface area contributed by atoms with E-state index in [0.717, 1.165) is 0 Å². The van der Waals surface area contributed by atoms with Gasteiger partial charge in [-0.3, -0.25) is 0 Å². The first-order valence-electron chi connectivity index (χ1n) is 13.2. The van der Waals surface area contributed by atoms with E-state index in [1.807, 2.05) is 13.8 Å². The molecule has 2 bridgehead atoms. The molecule has 6 aliphatic rings. The number of epoxide rings is 2. The molecule has 6 rings (SSSR count). The van der Waals surface area contributed by atoms with Crippen molar-refractivity contribution >= 4 is 17.9 Å². The Balaban J connectivity index is 1.39. The van der Waals surface area contributed by atoms with Gasteiger partial charge in [-0.05, 0) is 25.7 Å². The van der Waals surface area contributed by atoms with E-state index in [2.05, 4.69) is 0 Å². The van der Waals surface area contributed by atoms with Crippen molar-refractivity contribution in [3.63, 3.8) is 0 Å². The molecule has 3 saturated heterocycles. The van der Waals surface area contributed by atoms with Crippen molar-refractivity contribution < 1.29 is 53.0 Å². The highest BCUT2D eigenvalue weighted by Crippen LogP contribution is 2.75. The molecule has 0 radical (unpaired) electrons. The van der Waals surface area contributed by atoms with E-state index in [-0.39, 0.29) is 32.2 Å². The van der Waals surface area contributed by atoms with Crippen molar-refractivity contribution in [2.45, 2.75) is 87.9 Å². The summed E-state index contributed by atoms with van der Waals surface area (Å²) < 4.78 is 35.5. The summed E-state index contributed by atoms with van der Waals surface area (Å²) in [6.07, 6.45) is 1.58. The van der Waals surface area contributed by atoms with Crippen LogP contribution < -0.4 is 0 Å². The Kier molecular flexibility index (Phi) is 5.87. The van der Waals surface area contributed by atoms with Crippen molar-refractivity contribution in [1.82, 2.24) is 0 Å². The van der Waals surface area contributed by atoms with Crippen LogP contribution in [0.4, 0.5) is 0 Å². The van der Waals surface area contributed by atoms with Crippen LogP contribution in [0.5, 0.6) is 0 Å². The molecule has 11 atom stereocenters. The zero-order chi connectivity index (χ0) is 27.1. The van der Waals surface area contributed by atoms with E-state index < -0.39 is 76.4 Å². The van der Waals surface area contributed by atoms with E-state index in [4.69, 9.17) is 28.4 Å². The van der Waals surface area contributed by atoms with Crippen molar-refractivity contribution in [3.05, 3.63) is 24.3 Å². The van der Waals surface area contributed by atoms with Crippen LogP contribution in [0.15, 0.2) is 24.3 Å². The molecule has 2 saturated carbocycles. The summed E-state index contributed by atoms with van der Waals surface area (Å²) in [7, 11) is 0. The van der Waals surface area contributed by atoms with Gasteiger partial charge in [-0.2, -0.15) is 0 Å². The number of hydrogen-bond acceptors (Lipinski definition) is 11. The number of carbonyl (C=O) groups excluding carboxylic acids is 3. The molecule has 0 amide bonds. The summed E-state index contributed by atoms with van der Waals surface area (Å²) in [5.41, 5.74) is -3.47. The second-order valence-electron chi connectivity index (χ2n) is 11.9. The molecule has 0 aromatic rings. The number of allylic oxidation sites excluding steroid dienone is 2. The van der Waals surface area contributed by atoms with E-state index in [1.54, 1.807) is 6.92 Å². The number of cyclic esters (lactones) is 2. The van der Waals surface area contributed by atoms with Gasteiger partial charge in [-0.25, -0.2) is 14.4 Å². The van der Waals surface area contributed by atoms with Gasteiger partial charge in [0.25, 0.3) is 0 Å². The van der Waals surface area contributed by atoms with Gasteiger partial charge < -0.3 is 38.6 Å². The number of aliphatic hydroxyl groups excluding tert-OH is 2. The van der Waals surface area contributed by atoms with Crippen molar-refractivity contribution in [2.24, 2.45) is 16.7 Å². The fourth-order valence-corrected chi connectivity index (χ4v) is 7.38. The first-order valence-corrected chi connectivity index (χ1v) is 13.2. The summed E-state index contributed by atoms with van der Waals surface area (Å²) in [4.78, 5) is 37.8. The quantitative estimate of drug-likeness (QED) is 0.251. The average Bonchev–Trinajstić information content (AvgIpc) is 3.78. The molecule has 11 heteroatoms. The van der Waals surface area contributed by atoms with Crippen LogP contribution in [0.25, 0.3) is 0 Å². The number of aliphatic hydroxyl groups is 2. The number of rotatable bonds is 0. The molecular weight excluding hydrogens is 500 g/mol. The second kappa shape index (κ2) is 8.59. The minimum absolute atomic E-state index is 0.00885. The highest BCUT2D eigenvalue weighted by atomic mass is 16.7. The van der Waals surface area contributed by atoms with Crippen LogP contribution >= 0.6 is 0 Å². The second-order valence-corrected chi connectivity index (χ2v) is 11.9. The highest BCUT2D eigenvalue weighted by Gasteiger charge is 2.87. The average molecular weight is 535 g/mol. The lowest BCUT2D eigenvalue weighted by atomic mass is 9.49. The SMILES string of the molecule is C[C@@H]1CCOC(=O)/C=C/C=C/C(=O)O[C@@H]2C[C@H]3O[C@H]4[C@H]5O[C@]5(C)[C@@H](O)C[C@@]4(COC(=O)[C@@H]1O)[C@@]2(C)[C@@]31CO1. The highest BCUT2D eigenvalue weighted by molar-refractivity contribution is 5.84. The van der Waals surface area contributed by atoms with Gasteiger partial charge in [0.1, 0.15) is 30.0 Å². The van der Waals surface area contributed by atoms with E-state index in [0.29, 0.717) is 13.0 Å². The van der Waals surface area contributed by atoms with Gasteiger partial charge in [0.15, 0.2) is 6.10 Å². The van der Waals surface area contributed by atoms with Crippen LogP contribution in [-0.2, 0) is 42.8 Å². The zero-order valence-electron chi connectivity index (χ0n) is 21.7. The van der Waals surface area contributed by atoms with E-state index in [1.165, 1.54) is 24.3 Å². The molecular formula is C27H34O11. The first-order chi connectivity index (χ1) is 18.0. The summed E-state index contributed by atoms with van der Waals surface area (Å²) in [5.74, 6) is -2.60. The van der Waals surface area contributed by atoms with E-state index >= 15 is 0 Å². The minimum Gasteiger partial charge on any atom is -0.463 e. The predicted molar refractivity (Wildman–Crippen MR) is 126 cm³/mol. The maximum Gasteiger partial charge on any atom is 0.335 e. The Morgan fingerprint density at radius 2 is 1.66 bits per heavy atom. The predicted octanol–water partition coefficient (Wildman–Crippen LogP) is 0.353. The smallest absolute Gasteiger partial charge is 0.335 e. The van der Waals surface area contributed by atoms with E-state index in [9.17, 15) is 24.6 Å². The third-order valence-electron chi connectivity index (χ3n) is 10.1. The molecule has 208 valence electrons. The molecule has 5 fully saturated rings. The Morgan fingerprint density at radius 3 is 2.37 bits per heavy atom. The van der Waals surface area contributed by atoms with Gasteiger partial charge in [-0.1, -0.05) is 26.0 Å². The van der Waals surface area contributed by atoms with Crippen molar-refractivity contribution in [1.29, 1.82) is 0 Å². The minimum atomic E-state index is -1.45. The summed E-state index contributed by atoms with van der Waals surface area (Å²) in [6.45, 7) is 5.64. The lowest BCUT2D eigenvalue weighted by molar-refractivity contribution is -0.261. The normalized spacial score (nSPS) is 53.8. The number of carbonyl (C=O) groups is 3. The molecule has 38 heavy (non-hydrogen) atoms. The molecule has 2 N–H and O–H groups in total. The molecule has 4 heterocycles. The number of hydrogen-bond donors (Lipinski definition) is 2. The Hall–Kier alpha value is -2.31. The molecule has 11 nitrogen and oxygen atoms in total. The van der Waals surface area contributed by atoms with Gasteiger partial charge in [0.05, 0.1) is 36.9 Å². The maximum atomic E-state index is 13.0. The third kappa shape index (κ3) is 3.48. The monoisotopic (exact) mass is 534 g/mol. The van der Waals surface area contributed by atoms with Crippen molar-refractivity contribution in [3.8, 4) is 0 Å². The van der Waals surface area contributed by atoms with Crippen LogP contribution in [0.1, 0.15) is 40.0 Å². The topological polar surface area (TPSA) is 154 Å². The van der Waals surface area contributed by atoms with Gasteiger partial charge >= 0.3 is 17.9 Å². The van der Waals surface area contributed by atoms with Crippen LogP contribution in [0.2, 0.25) is 0 Å². The number of esters is 3. The van der Waals surface area contributed by atoms with Crippen LogP contribution in [0.3, 0.4) is 0 Å². The molecule has 0 aromatic carbocycles. The summed E-state index contributed by atoms with van der Waals surface area (Å²) in [6, 6.07) is 0. The lowest BCUT2D eigenvalue weighted by Crippen LogP contribution is -2.71. The molecule has 0 unspecified atom stereocenters. The van der Waals surface area contributed by atoms with Gasteiger partial charge in [0, 0.05) is 24.0 Å². The summed E-state index contributed by atoms with van der Waals surface area (Å²) >= 11 is 0. The summed E-state index contributed by atoms with van der Waals surface area (Å²) in [5, 5.41) is 21.9. The molecule has 0 aromatic heterocycles. The largest absolute Gasteiger partial charge is 0.463 e. The maximum absolute atomic E-state index is 13.0. The zero-order valence-corrected chi connectivity index (χ0v) is 21.7. The Labute approximate surface area is 220 Å². The molecule has 2 aliphatic carbocycles. The van der Waals surface area contributed by atoms with Crippen LogP contribution in [0, 0.1) is 16.7 Å². The number of fused-ring (bicyclic) bond motifs is 2. The fourth-order valence-electron chi connectivity index (χ4n) is 7.38. The third-order valence-corrected chi connectivity index (χ3v) is 10.1. The first kappa shape index (κ1) is 25.9. The Morgan fingerprint density at radius 1 is 0.947 bits per heavy atom. The van der Waals surface area contributed by atoms with Gasteiger partial charge in [0.2, 0.25) is 0 Å². The number of ether oxygens (including phenoxy) is 6. The fraction of sp³-hybridized carbons (Fsp3) is 0.741. The van der Waals surface area contributed by atoms with Crippen molar-refractivity contribution in [2.75, 3.05) is 19.8 Å². The van der Waals surface area contributed by atoms with Crippen LogP contribution in [-0.4, -0.2) is 95.8 Å².